The van der Waals surface area contributed by atoms with E-state index in [9.17, 15) is 14.4 Å². The molecule has 1 aliphatic heterocycles. The molecular formula is C24H26N4O3S. The number of amides is 3. The molecule has 7 nitrogen and oxygen atoms in total. The summed E-state index contributed by atoms with van der Waals surface area (Å²) in [5.41, 5.74) is 0.893. The molecule has 8 heteroatoms. The molecule has 1 aromatic heterocycles. The van der Waals surface area contributed by atoms with Crippen molar-refractivity contribution in [2.45, 2.75) is 45.1 Å². The summed E-state index contributed by atoms with van der Waals surface area (Å²) in [4.78, 5) is 41.7. The molecule has 1 saturated carbocycles. The molecule has 0 spiro atoms. The number of aromatic nitrogens is 2. The third-order valence-electron chi connectivity index (χ3n) is 6.84. The zero-order chi connectivity index (χ0) is 22.4. The quantitative estimate of drug-likeness (QED) is 0.538. The minimum atomic E-state index is -0.922. The maximum absolute atomic E-state index is 13.5. The van der Waals surface area contributed by atoms with Gasteiger partial charge in [-0.25, -0.2) is 0 Å². The van der Waals surface area contributed by atoms with Crippen molar-refractivity contribution < 1.29 is 14.4 Å². The molecule has 2 fully saturated rings. The van der Waals surface area contributed by atoms with Crippen molar-refractivity contribution in [1.82, 2.24) is 15.1 Å². The van der Waals surface area contributed by atoms with Gasteiger partial charge in [-0.1, -0.05) is 67.7 Å². The van der Waals surface area contributed by atoms with Crippen LogP contribution in [0.5, 0.6) is 0 Å². The molecule has 5 atom stereocenters. The number of carbonyl (C=O) groups excluding carboxylic acids is 3. The minimum Gasteiger partial charge on any atom is -0.299 e. The molecule has 4 aliphatic rings. The van der Waals surface area contributed by atoms with Crippen molar-refractivity contribution in [2.75, 3.05) is 5.32 Å². The molecule has 2 bridgehead atoms. The zero-order valence-corrected chi connectivity index (χ0v) is 18.9. The molecule has 166 valence electrons. The van der Waals surface area contributed by atoms with Crippen molar-refractivity contribution in [3.05, 3.63) is 53.1 Å². The average Bonchev–Trinajstić information content (AvgIpc) is 3.38. The lowest BCUT2D eigenvalue weighted by Crippen LogP contribution is -2.49. The first-order valence-corrected chi connectivity index (χ1v) is 12.0. The van der Waals surface area contributed by atoms with E-state index < -0.39 is 11.9 Å². The predicted octanol–water partition coefficient (Wildman–Crippen LogP) is 3.41. The van der Waals surface area contributed by atoms with Crippen molar-refractivity contribution >= 4 is 34.2 Å². The van der Waals surface area contributed by atoms with Gasteiger partial charge in [0.1, 0.15) is 11.0 Å². The van der Waals surface area contributed by atoms with E-state index in [2.05, 4.69) is 27.7 Å². The summed E-state index contributed by atoms with van der Waals surface area (Å²) in [6.45, 7) is 4.02. The third kappa shape index (κ3) is 3.56. The van der Waals surface area contributed by atoms with Gasteiger partial charge in [-0.15, -0.1) is 10.2 Å². The molecule has 1 saturated heterocycles. The number of hydrogen-bond acceptors (Lipinski definition) is 6. The van der Waals surface area contributed by atoms with Gasteiger partial charge in [-0.2, -0.15) is 0 Å². The number of likely N-dealkylation sites (tertiary alicyclic amines) is 1. The van der Waals surface area contributed by atoms with E-state index in [-0.39, 0.29) is 47.8 Å². The van der Waals surface area contributed by atoms with E-state index >= 15 is 0 Å². The average molecular weight is 451 g/mol. The minimum absolute atomic E-state index is 0.0867. The summed E-state index contributed by atoms with van der Waals surface area (Å²) in [5.74, 6) is -1.14. The molecular weight excluding hydrogens is 424 g/mol. The van der Waals surface area contributed by atoms with Crippen LogP contribution in [0.4, 0.5) is 5.13 Å². The first-order valence-electron chi connectivity index (χ1n) is 11.2. The number of rotatable bonds is 6. The van der Waals surface area contributed by atoms with Gasteiger partial charge in [0, 0.05) is 12.3 Å². The van der Waals surface area contributed by atoms with Crippen molar-refractivity contribution in [2.24, 2.45) is 23.7 Å². The smallest absolute Gasteiger partial charge is 0.249 e. The van der Waals surface area contributed by atoms with Crippen molar-refractivity contribution in [1.29, 1.82) is 0 Å². The highest BCUT2D eigenvalue weighted by molar-refractivity contribution is 7.15. The van der Waals surface area contributed by atoms with E-state index in [1.807, 2.05) is 44.2 Å². The van der Waals surface area contributed by atoms with Crippen LogP contribution in [0.1, 0.15) is 43.2 Å². The molecule has 1 aromatic carbocycles. The van der Waals surface area contributed by atoms with Gasteiger partial charge in [0.15, 0.2) is 0 Å². The molecule has 2 heterocycles. The SMILES string of the molecule is CC(C)c1nnc(NC(=O)[C@H](Cc2ccccc2)N2C(=O)[C@@H]3[C@@H](C2=O)[C@H]2C=C[C@H]3CC2)s1. The number of benzene rings is 1. The lowest BCUT2D eigenvalue weighted by atomic mass is 9.63. The molecule has 3 amide bonds. The van der Waals surface area contributed by atoms with Crippen LogP contribution in [-0.4, -0.2) is 38.9 Å². The van der Waals surface area contributed by atoms with Crippen LogP contribution < -0.4 is 5.32 Å². The fraction of sp³-hybridized carbons (Fsp3) is 0.458. The second-order valence-electron chi connectivity index (χ2n) is 9.18. The maximum Gasteiger partial charge on any atom is 0.249 e. The first-order chi connectivity index (χ1) is 15.4. The van der Waals surface area contributed by atoms with Crippen molar-refractivity contribution in [3.8, 4) is 0 Å². The monoisotopic (exact) mass is 450 g/mol. The lowest BCUT2D eigenvalue weighted by molar-refractivity contribution is -0.146. The summed E-state index contributed by atoms with van der Waals surface area (Å²) >= 11 is 1.32. The Morgan fingerprint density at radius 1 is 1.06 bits per heavy atom. The molecule has 0 unspecified atom stereocenters. The van der Waals surface area contributed by atoms with Gasteiger partial charge in [-0.3, -0.25) is 24.6 Å². The van der Waals surface area contributed by atoms with Crippen LogP contribution >= 0.6 is 11.3 Å². The Morgan fingerprint density at radius 3 is 2.22 bits per heavy atom. The molecule has 6 rings (SSSR count). The summed E-state index contributed by atoms with van der Waals surface area (Å²) < 4.78 is 0. The Bertz CT molecular complexity index is 1050. The Labute approximate surface area is 190 Å². The number of anilines is 1. The van der Waals surface area contributed by atoms with Gasteiger partial charge < -0.3 is 0 Å². The largest absolute Gasteiger partial charge is 0.299 e. The van der Waals surface area contributed by atoms with Crippen LogP contribution in [0.15, 0.2) is 42.5 Å². The van der Waals surface area contributed by atoms with Gasteiger partial charge in [0.2, 0.25) is 22.9 Å². The number of imide groups is 1. The summed E-state index contributed by atoms with van der Waals surface area (Å²) in [6, 6.07) is 8.57. The topological polar surface area (TPSA) is 92.3 Å². The third-order valence-corrected chi connectivity index (χ3v) is 7.98. The fourth-order valence-corrected chi connectivity index (χ4v) is 6.00. The van der Waals surface area contributed by atoms with Crippen LogP contribution in [0.3, 0.4) is 0 Å². The van der Waals surface area contributed by atoms with Crippen LogP contribution in [-0.2, 0) is 20.8 Å². The molecule has 1 N–H and O–H groups in total. The Morgan fingerprint density at radius 2 is 1.69 bits per heavy atom. The van der Waals surface area contributed by atoms with E-state index in [1.54, 1.807) is 0 Å². The Kier molecular flexibility index (Phi) is 5.41. The second-order valence-corrected chi connectivity index (χ2v) is 10.2. The maximum atomic E-state index is 13.5. The number of carbonyl (C=O) groups is 3. The zero-order valence-electron chi connectivity index (χ0n) is 18.1. The number of fused-ring (bicyclic) bond motifs is 1. The number of nitrogens with one attached hydrogen (secondary N) is 1. The number of allylic oxidation sites excluding steroid dienone is 2. The molecule has 0 radical (unpaired) electrons. The van der Waals surface area contributed by atoms with E-state index in [0.717, 1.165) is 23.4 Å². The van der Waals surface area contributed by atoms with Gasteiger partial charge >= 0.3 is 0 Å². The second kappa shape index (κ2) is 8.24. The highest BCUT2D eigenvalue weighted by Gasteiger charge is 2.58. The van der Waals surface area contributed by atoms with Crippen LogP contribution in [0, 0.1) is 23.7 Å². The predicted molar refractivity (Wildman–Crippen MR) is 121 cm³/mol. The first kappa shape index (κ1) is 21.0. The molecule has 2 aromatic rings. The highest BCUT2D eigenvalue weighted by atomic mass is 32.1. The summed E-state index contributed by atoms with van der Waals surface area (Å²) in [7, 11) is 0. The molecule has 3 aliphatic carbocycles. The fourth-order valence-electron chi connectivity index (χ4n) is 5.25. The normalized spacial score (nSPS) is 27.2. The summed E-state index contributed by atoms with van der Waals surface area (Å²) in [6.07, 6.45) is 6.29. The van der Waals surface area contributed by atoms with Crippen LogP contribution in [0.25, 0.3) is 0 Å². The molecule has 32 heavy (non-hydrogen) atoms. The lowest BCUT2D eigenvalue weighted by Gasteiger charge is -2.38. The standard InChI is InChI=1S/C24H26N4O3S/c1-13(2)21-26-27-24(32-21)25-20(29)17(12-14-6-4-3-5-7-14)28-22(30)18-15-8-9-16(11-10-15)19(18)23(28)31/h3-9,13,15-19H,10-12H2,1-2H3,(H,25,27,29)/t15-,16-,17-,18-,19-/m0/s1. The number of hydrogen-bond donors (Lipinski definition) is 1. The van der Waals surface area contributed by atoms with E-state index in [0.29, 0.717) is 5.13 Å². The van der Waals surface area contributed by atoms with E-state index in [4.69, 9.17) is 0 Å². The number of nitrogens with zero attached hydrogens (tertiary/aromatic N) is 3. The van der Waals surface area contributed by atoms with Crippen LogP contribution in [0.2, 0.25) is 0 Å². The van der Waals surface area contributed by atoms with Gasteiger partial charge in [0.25, 0.3) is 0 Å². The van der Waals surface area contributed by atoms with E-state index in [1.165, 1.54) is 16.2 Å². The highest BCUT2D eigenvalue weighted by Crippen LogP contribution is 2.50. The van der Waals surface area contributed by atoms with Crippen molar-refractivity contribution in [3.63, 3.8) is 0 Å². The van der Waals surface area contributed by atoms with Gasteiger partial charge in [0.05, 0.1) is 11.8 Å². The Hall–Kier alpha value is -2.87. The summed E-state index contributed by atoms with van der Waals surface area (Å²) in [5, 5.41) is 12.2. The Balaban J connectivity index is 1.45. The van der Waals surface area contributed by atoms with Gasteiger partial charge in [-0.05, 0) is 30.2 Å².